The predicted octanol–water partition coefficient (Wildman–Crippen LogP) is 2.20. The molecule has 0 aliphatic carbocycles. The van der Waals surface area contributed by atoms with E-state index in [1.807, 2.05) is 30.3 Å². The normalized spacial score (nSPS) is 11.8. The number of ether oxygens (including phenoxy) is 1. The van der Waals surface area contributed by atoms with Gasteiger partial charge >= 0.3 is 5.97 Å². The maximum Gasteiger partial charge on any atom is 0.328 e. The first-order valence-corrected chi connectivity index (χ1v) is 9.66. The Labute approximate surface area is 177 Å². The molecule has 0 spiro atoms. The quantitative estimate of drug-likeness (QED) is 0.469. The summed E-state index contributed by atoms with van der Waals surface area (Å²) in [5, 5.41) is 5.49. The fourth-order valence-electron chi connectivity index (χ4n) is 3.42. The van der Waals surface area contributed by atoms with E-state index in [-0.39, 0.29) is 12.0 Å². The van der Waals surface area contributed by atoms with E-state index in [9.17, 15) is 14.4 Å². The molecule has 0 unspecified atom stereocenters. The largest absolute Gasteiger partial charge is 0.467 e. The third-order valence-corrected chi connectivity index (χ3v) is 4.93. The second kappa shape index (κ2) is 8.66. The minimum atomic E-state index is -0.950. The zero-order valence-corrected chi connectivity index (χ0v) is 16.7. The highest BCUT2D eigenvalue weighted by atomic mass is 16.5. The van der Waals surface area contributed by atoms with Gasteiger partial charge < -0.3 is 10.1 Å². The summed E-state index contributed by atoms with van der Waals surface area (Å²) in [5.74, 6) is -0.987. The van der Waals surface area contributed by atoms with Crippen molar-refractivity contribution in [2.75, 3.05) is 7.11 Å². The number of amides is 1. The van der Waals surface area contributed by atoms with E-state index in [0.717, 1.165) is 5.56 Å². The maximum atomic E-state index is 12.7. The highest BCUT2D eigenvalue weighted by Gasteiger charge is 2.25. The van der Waals surface area contributed by atoms with Crippen LogP contribution in [0.3, 0.4) is 0 Å². The fourth-order valence-corrected chi connectivity index (χ4v) is 3.42. The number of nitrogens with zero attached hydrogens (tertiary/aromatic N) is 2. The lowest BCUT2D eigenvalue weighted by Crippen LogP contribution is -2.43. The van der Waals surface area contributed by atoms with Crippen LogP contribution in [0.2, 0.25) is 0 Å². The molecule has 0 bridgehead atoms. The third-order valence-electron chi connectivity index (χ3n) is 4.93. The van der Waals surface area contributed by atoms with Gasteiger partial charge in [0.05, 0.1) is 12.7 Å². The monoisotopic (exact) mass is 416 g/mol. The van der Waals surface area contributed by atoms with Crippen LogP contribution in [0.5, 0.6) is 0 Å². The first-order chi connectivity index (χ1) is 15.1. The van der Waals surface area contributed by atoms with E-state index in [1.54, 1.807) is 42.6 Å². The van der Waals surface area contributed by atoms with Crippen molar-refractivity contribution in [3.8, 4) is 11.1 Å². The number of carbonyl (C=O) groups excluding carboxylic acids is 2. The highest BCUT2D eigenvalue weighted by Crippen LogP contribution is 2.20. The van der Waals surface area contributed by atoms with Crippen LogP contribution in [-0.2, 0) is 16.0 Å². The van der Waals surface area contributed by atoms with Crippen molar-refractivity contribution in [3.05, 3.63) is 94.5 Å². The molecule has 2 N–H and O–H groups in total. The molecule has 1 atom stereocenters. The second-order valence-electron chi connectivity index (χ2n) is 6.90. The van der Waals surface area contributed by atoms with Gasteiger partial charge in [-0.25, -0.2) is 14.3 Å². The molecule has 0 saturated heterocycles. The minimum Gasteiger partial charge on any atom is -0.467 e. The smallest absolute Gasteiger partial charge is 0.328 e. The molecule has 2 aromatic heterocycles. The number of benzene rings is 2. The number of aromatic nitrogens is 3. The van der Waals surface area contributed by atoms with Crippen molar-refractivity contribution >= 4 is 17.5 Å². The lowest BCUT2D eigenvalue weighted by molar-refractivity contribution is -0.142. The number of nitrogens with one attached hydrogen (secondary N) is 2. The molecule has 2 heterocycles. The molecular weight excluding hydrogens is 396 g/mol. The zero-order valence-electron chi connectivity index (χ0n) is 16.7. The number of hydrogen-bond donors (Lipinski definition) is 2. The number of H-pyrrole nitrogens is 1. The Bertz CT molecular complexity index is 1280. The van der Waals surface area contributed by atoms with Crippen molar-refractivity contribution in [1.82, 2.24) is 19.9 Å². The van der Waals surface area contributed by atoms with Crippen LogP contribution in [0.1, 0.15) is 16.1 Å². The van der Waals surface area contributed by atoms with Crippen molar-refractivity contribution in [1.29, 1.82) is 0 Å². The van der Waals surface area contributed by atoms with Gasteiger partial charge in [0, 0.05) is 23.9 Å². The second-order valence-corrected chi connectivity index (χ2v) is 6.90. The van der Waals surface area contributed by atoms with Crippen LogP contribution in [0, 0.1) is 0 Å². The Balaban J connectivity index is 1.69. The van der Waals surface area contributed by atoms with Gasteiger partial charge in [-0.05, 0) is 23.8 Å². The fraction of sp³-hybridized carbons (Fsp3) is 0.130. The molecule has 156 valence electrons. The number of rotatable bonds is 6. The summed E-state index contributed by atoms with van der Waals surface area (Å²) >= 11 is 0. The summed E-state index contributed by atoms with van der Waals surface area (Å²) in [5.41, 5.74) is 2.33. The molecule has 0 saturated carbocycles. The van der Waals surface area contributed by atoms with Crippen LogP contribution >= 0.6 is 0 Å². The van der Waals surface area contributed by atoms with Gasteiger partial charge in [-0.3, -0.25) is 14.7 Å². The Morgan fingerprint density at radius 2 is 1.74 bits per heavy atom. The number of fused-ring (bicyclic) bond motifs is 1. The summed E-state index contributed by atoms with van der Waals surface area (Å²) in [6, 6.07) is 18.5. The Morgan fingerprint density at radius 3 is 2.42 bits per heavy atom. The molecule has 0 aliphatic rings. The molecule has 0 aliphatic heterocycles. The SMILES string of the molecule is COC(=O)[C@H](Cc1ccnc2c(-c3ccccc3)c(=O)[nH]n12)NC(=O)c1ccccc1. The number of aromatic amines is 1. The van der Waals surface area contributed by atoms with Gasteiger partial charge in [0.2, 0.25) is 0 Å². The molecule has 4 rings (SSSR count). The molecule has 2 aromatic carbocycles. The summed E-state index contributed by atoms with van der Waals surface area (Å²) in [6.45, 7) is 0. The standard InChI is InChI=1S/C23H20N4O4/c1-31-23(30)18(25-21(28)16-10-6-3-7-11-16)14-17-12-13-24-20-19(22(29)26-27(17)20)15-8-4-2-5-9-15/h2-13,18H,14H2,1H3,(H,25,28)(H,26,29)/t18-/m0/s1. The van der Waals surface area contributed by atoms with E-state index in [4.69, 9.17) is 4.74 Å². The molecule has 4 aromatic rings. The summed E-state index contributed by atoms with van der Waals surface area (Å²) in [6.07, 6.45) is 1.67. The number of hydrogen-bond acceptors (Lipinski definition) is 5. The van der Waals surface area contributed by atoms with Crippen LogP contribution in [0.4, 0.5) is 0 Å². The van der Waals surface area contributed by atoms with E-state index in [0.29, 0.717) is 22.5 Å². The Kier molecular flexibility index (Phi) is 5.61. The Hall–Kier alpha value is -4.20. The average Bonchev–Trinajstić information content (AvgIpc) is 3.15. The first-order valence-electron chi connectivity index (χ1n) is 9.66. The molecule has 0 radical (unpaired) electrons. The van der Waals surface area contributed by atoms with Gasteiger partial charge in [0.25, 0.3) is 11.5 Å². The van der Waals surface area contributed by atoms with Gasteiger partial charge in [0.15, 0.2) is 5.65 Å². The van der Waals surface area contributed by atoms with E-state index in [2.05, 4.69) is 15.4 Å². The third kappa shape index (κ3) is 4.09. The molecule has 8 heteroatoms. The minimum absolute atomic E-state index is 0.100. The van der Waals surface area contributed by atoms with Gasteiger partial charge in [-0.15, -0.1) is 0 Å². The molecule has 8 nitrogen and oxygen atoms in total. The maximum absolute atomic E-state index is 12.7. The predicted molar refractivity (Wildman–Crippen MR) is 115 cm³/mol. The van der Waals surface area contributed by atoms with Crippen LogP contribution < -0.4 is 10.9 Å². The summed E-state index contributed by atoms with van der Waals surface area (Å²) in [7, 11) is 1.26. The van der Waals surface area contributed by atoms with Crippen molar-refractivity contribution in [2.24, 2.45) is 0 Å². The molecule has 0 fully saturated rings. The van der Waals surface area contributed by atoms with Gasteiger partial charge in [-0.1, -0.05) is 48.5 Å². The number of carbonyl (C=O) groups is 2. The molecular formula is C23H20N4O4. The van der Waals surface area contributed by atoms with Crippen LogP contribution in [-0.4, -0.2) is 39.6 Å². The highest BCUT2D eigenvalue weighted by molar-refractivity contribution is 5.96. The lowest BCUT2D eigenvalue weighted by atomic mass is 10.1. The molecule has 1 amide bonds. The lowest BCUT2D eigenvalue weighted by Gasteiger charge is -2.17. The van der Waals surface area contributed by atoms with Crippen LogP contribution in [0.25, 0.3) is 16.8 Å². The van der Waals surface area contributed by atoms with E-state index < -0.39 is 17.9 Å². The van der Waals surface area contributed by atoms with E-state index in [1.165, 1.54) is 11.6 Å². The topological polar surface area (TPSA) is 106 Å². The van der Waals surface area contributed by atoms with Crippen molar-refractivity contribution < 1.29 is 14.3 Å². The average molecular weight is 416 g/mol. The van der Waals surface area contributed by atoms with E-state index >= 15 is 0 Å². The van der Waals surface area contributed by atoms with Gasteiger partial charge in [0.1, 0.15) is 6.04 Å². The van der Waals surface area contributed by atoms with Gasteiger partial charge in [-0.2, -0.15) is 0 Å². The van der Waals surface area contributed by atoms with Crippen molar-refractivity contribution in [2.45, 2.75) is 12.5 Å². The zero-order chi connectivity index (χ0) is 21.8. The first kappa shape index (κ1) is 20.1. The molecule has 31 heavy (non-hydrogen) atoms. The van der Waals surface area contributed by atoms with Crippen LogP contribution in [0.15, 0.2) is 77.7 Å². The number of methoxy groups -OCH3 is 1. The summed E-state index contributed by atoms with van der Waals surface area (Å²) in [4.78, 5) is 42.0. The number of esters is 1. The summed E-state index contributed by atoms with van der Waals surface area (Å²) < 4.78 is 6.42. The van der Waals surface area contributed by atoms with Crippen molar-refractivity contribution in [3.63, 3.8) is 0 Å². The Morgan fingerprint density at radius 1 is 1.06 bits per heavy atom.